The molecule has 1 fully saturated rings. The molecule has 0 aliphatic carbocycles. The van der Waals surface area contributed by atoms with Gasteiger partial charge in [-0.1, -0.05) is 30.3 Å². The summed E-state index contributed by atoms with van der Waals surface area (Å²) in [6, 6.07) is 18.5. The van der Waals surface area contributed by atoms with Crippen molar-refractivity contribution in [1.29, 1.82) is 0 Å². The Bertz CT molecular complexity index is 1210. The minimum Gasteiger partial charge on any atom is -0.407 e. The molecular formula is C24H23N5O2. The molecule has 5 rings (SSSR count). The van der Waals surface area contributed by atoms with Gasteiger partial charge >= 0.3 is 6.09 Å². The number of hydrogen-bond donors (Lipinski definition) is 2. The van der Waals surface area contributed by atoms with E-state index in [1.54, 1.807) is 0 Å². The number of aromatic nitrogens is 3. The molecule has 0 spiro atoms. The van der Waals surface area contributed by atoms with E-state index in [4.69, 9.17) is 4.74 Å². The maximum absolute atomic E-state index is 12.2. The molecule has 7 heteroatoms. The standard InChI is InChI=1S/C24H23N5O2/c1-16-11-23(29-10-9-18(15-29)17-5-3-2-4-6-17)21-12-19(7-8-22(21)27-16)28-24(30)31-20-13-25-26-14-20/h2-8,11-14,18H,9-10,15H2,1H3,(H,25,26)(H,28,30). The van der Waals surface area contributed by atoms with Crippen molar-refractivity contribution in [3.05, 3.63) is 78.2 Å². The summed E-state index contributed by atoms with van der Waals surface area (Å²) in [5, 5.41) is 10.2. The molecule has 1 saturated heterocycles. The predicted molar refractivity (Wildman–Crippen MR) is 121 cm³/mol. The second-order valence-electron chi connectivity index (χ2n) is 7.81. The summed E-state index contributed by atoms with van der Waals surface area (Å²) in [7, 11) is 0. The van der Waals surface area contributed by atoms with E-state index in [1.807, 2.05) is 25.1 Å². The lowest BCUT2D eigenvalue weighted by Crippen LogP contribution is -2.20. The van der Waals surface area contributed by atoms with Crippen molar-refractivity contribution in [2.45, 2.75) is 19.3 Å². The van der Waals surface area contributed by atoms with Crippen LogP contribution in [0.5, 0.6) is 5.75 Å². The van der Waals surface area contributed by atoms with E-state index < -0.39 is 6.09 Å². The van der Waals surface area contributed by atoms with Crippen molar-refractivity contribution < 1.29 is 9.53 Å². The Kier molecular flexibility index (Phi) is 5.00. The number of nitrogens with zero attached hydrogens (tertiary/aromatic N) is 3. The van der Waals surface area contributed by atoms with Crippen LogP contribution < -0.4 is 15.0 Å². The molecule has 2 aromatic carbocycles. The lowest BCUT2D eigenvalue weighted by Gasteiger charge is -2.22. The third-order valence-corrected chi connectivity index (χ3v) is 5.64. The first-order chi connectivity index (χ1) is 15.2. The summed E-state index contributed by atoms with van der Waals surface area (Å²) in [5.41, 5.74) is 5.07. The van der Waals surface area contributed by atoms with E-state index in [9.17, 15) is 4.79 Å². The fraction of sp³-hybridized carbons (Fsp3) is 0.208. The van der Waals surface area contributed by atoms with Gasteiger partial charge in [-0.2, -0.15) is 5.10 Å². The van der Waals surface area contributed by atoms with Crippen LogP contribution in [0.4, 0.5) is 16.2 Å². The molecule has 0 radical (unpaired) electrons. The van der Waals surface area contributed by atoms with Crippen molar-refractivity contribution in [3.63, 3.8) is 0 Å². The molecule has 0 saturated carbocycles. The smallest absolute Gasteiger partial charge is 0.407 e. The number of carbonyl (C=O) groups excluding carboxylic acids is 1. The van der Waals surface area contributed by atoms with Gasteiger partial charge in [0.25, 0.3) is 0 Å². The second-order valence-corrected chi connectivity index (χ2v) is 7.81. The number of benzene rings is 2. The van der Waals surface area contributed by atoms with Crippen LogP contribution in [0, 0.1) is 6.92 Å². The maximum atomic E-state index is 12.2. The largest absolute Gasteiger partial charge is 0.417 e. The number of pyridine rings is 1. The van der Waals surface area contributed by atoms with E-state index in [1.165, 1.54) is 18.0 Å². The zero-order valence-corrected chi connectivity index (χ0v) is 17.2. The molecule has 1 aliphatic heterocycles. The average molecular weight is 413 g/mol. The Morgan fingerprint density at radius 3 is 2.87 bits per heavy atom. The minimum absolute atomic E-state index is 0.361. The van der Waals surface area contributed by atoms with Crippen LogP contribution in [-0.4, -0.2) is 34.4 Å². The number of fused-ring (bicyclic) bond motifs is 1. The van der Waals surface area contributed by atoms with Gasteiger partial charge in [0.2, 0.25) is 0 Å². The number of hydrogen-bond acceptors (Lipinski definition) is 5. The number of nitrogens with one attached hydrogen (secondary N) is 2. The lowest BCUT2D eigenvalue weighted by molar-refractivity contribution is 0.215. The highest BCUT2D eigenvalue weighted by Gasteiger charge is 2.25. The number of amides is 1. The number of anilines is 2. The third-order valence-electron chi connectivity index (χ3n) is 5.64. The first kappa shape index (κ1) is 19.1. The number of aryl methyl sites for hydroxylation is 1. The number of aromatic amines is 1. The number of ether oxygens (including phenoxy) is 1. The van der Waals surface area contributed by atoms with Crippen molar-refractivity contribution in [3.8, 4) is 5.75 Å². The van der Waals surface area contributed by atoms with Crippen LogP contribution >= 0.6 is 0 Å². The van der Waals surface area contributed by atoms with Gasteiger partial charge in [0, 0.05) is 41.5 Å². The van der Waals surface area contributed by atoms with E-state index in [2.05, 4.69) is 61.8 Å². The molecule has 156 valence electrons. The zero-order valence-electron chi connectivity index (χ0n) is 17.2. The topological polar surface area (TPSA) is 83.1 Å². The Hall–Kier alpha value is -3.87. The molecule has 1 amide bonds. The quantitative estimate of drug-likeness (QED) is 0.499. The summed E-state index contributed by atoms with van der Waals surface area (Å²) in [5.74, 6) is 0.872. The maximum Gasteiger partial charge on any atom is 0.417 e. The highest BCUT2D eigenvalue weighted by molar-refractivity contribution is 5.97. The minimum atomic E-state index is -0.562. The van der Waals surface area contributed by atoms with Gasteiger partial charge in [-0.25, -0.2) is 4.79 Å². The Balaban J connectivity index is 1.41. The van der Waals surface area contributed by atoms with E-state index in [-0.39, 0.29) is 0 Å². The van der Waals surface area contributed by atoms with Crippen LogP contribution in [-0.2, 0) is 0 Å². The summed E-state index contributed by atoms with van der Waals surface area (Å²) in [6.45, 7) is 3.96. The van der Waals surface area contributed by atoms with Crippen LogP contribution in [0.2, 0.25) is 0 Å². The lowest BCUT2D eigenvalue weighted by atomic mass is 9.99. The Labute approximate surface area is 180 Å². The van der Waals surface area contributed by atoms with Crippen molar-refractivity contribution >= 4 is 28.4 Å². The molecule has 31 heavy (non-hydrogen) atoms. The SMILES string of the molecule is Cc1cc(N2CCC(c3ccccc3)C2)c2cc(NC(=O)Oc3cn[nH]c3)ccc2n1. The third kappa shape index (κ3) is 4.07. The van der Waals surface area contributed by atoms with E-state index in [0.717, 1.165) is 41.8 Å². The Morgan fingerprint density at radius 2 is 2.06 bits per heavy atom. The monoisotopic (exact) mass is 413 g/mol. The molecule has 3 heterocycles. The Morgan fingerprint density at radius 1 is 1.19 bits per heavy atom. The summed E-state index contributed by atoms with van der Waals surface area (Å²) in [6.07, 6.45) is 3.51. The van der Waals surface area contributed by atoms with Gasteiger partial charge in [-0.05, 0) is 43.2 Å². The van der Waals surface area contributed by atoms with Crippen molar-refractivity contribution in [2.75, 3.05) is 23.3 Å². The highest BCUT2D eigenvalue weighted by Crippen LogP contribution is 2.35. The molecule has 1 atom stereocenters. The molecule has 7 nitrogen and oxygen atoms in total. The van der Waals surface area contributed by atoms with Gasteiger partial charge in [0.05, 0.1) is 17.9 Å². The molecular weight excluding hydrogens is 390 g/mol. The highest BCUT2D eigenvalue weighted by atomic mass is 16.6. The van der Waals surface area contributed by atoms with E-state index in [0.29, 0.717) is 17.4 Å². The van der Waals surface area contributed by atoms with Crippen molar-refractivity contribution in [1.82, 2.24) is 15.2 Å². The molecule has 1 aliphatic rings. The predicted octanol–water partition coefficient (Wildman–Crippen LogP) is 4.87. The summed E-state index contributed by atoms with van der Waals surface area (Å²) >= 11 is 0. The molecule has 0 bridgehead atoms. The second kappa shape index (κ2) is 8.10. The number of carbonyl (C=O) groups is 1. The first-order valence-corrected chi connectivity index (χ1v) is 10.3. The fourth-order valence-corrected chi connectivity index (χ4v) is 4.20. The average Bonchev–Trinajstić information content (AvgIpc) is 3.46. The van der Waals surface area contributed by atoms with Crippen LogP contribution in [0.15, 0.2) is 67.0 Å². The number of H-pyrrole nitrogens is 1. The van der Waals surface area contributed by atoms with Gasteiger partial charge in [-0.15, -0.1) is 0 Å². The van der Waals surface area contributed by atoms with Gasteiger partial charge in [-0.3, -0.25) is 15.4 Å². The van der Waals surface area contributed by atoms with Crippen LogP contribution in [0.1, 0.15) is 23.6 Å². The number of rotatable bonds is 4. The van der Waals surface area contributed by atoms with Gasteiger partial charge in [0.1, 0.15) is 0 Å². The normalized spacial score (nSPS) is 15.9. The zero-order chi connectivity index (χ0) is 21.2. The molecule has 4 aromatic rings. The molecule has 2 aromatic heterocycles. The summed E-state index contributed by atoms with van der Waals surface area (Å²) < 4.78 is 5.21. The van der Waals surface area contributed by atoms with Gasteiger partial charge < -0.3 is 9.64 Å². The van der Waals surface area contributed by atoms with Gasteiger partial charge in [0.15, 0.2) is 5.75 Å². The van der Waals surface area contributed by atoms with Crippen LogP contribution in [0.25, 0.3) is 10.9 Å². The summed E-state index contributed by atoms with van der Waals surface area (Å²) in [4.78, 5) is 19.3. The first-order valence-electron chi connectivity index (χ1n) is 10.3. The van der Waals surface area contributed by atoms with Crippen molar-refractivity contribution in [2.24, 2.45) is 0 Å². The molecule has 1 unspecified atom stereocenters. The van der Waals surface area contributed by atoms with E-state index >= 15 is 0 Å². The van der Waals surface area contributed by atoms with Crippen LogP contribution in [0.3, 0.4) is 0 Å². The molecule has 2 N–H and O–H groups in total. The fourth-order valence-electron chi connectivity index (χ4n) is 4.20.